The summed E-state index contributed by atoms with van der Waals surface area (Å²) in [5.41, 5.74) is 0.185. The molecule has 21 heavy (non-hydrogen) atoms. The number of carboxylic acids is 1. The first-order valence-corrected chi connectivity index (χ1v) is 6.58. The van der Waals surface area contributed by atoms with E-state index in [2.05, 4.69) is 10.6 Å². The van der Waals surface area contributed by atoms with E-state index in [9.17, 15) is 18.4 Å². The standard InChI is InChI=1S/C14H18F2N2O3/c1-9(3-2-4-13(19)20)18-14(21)17-8-10-5-6-11(15)7-12(10)16/h5-7,9H,2-4,8H2,1H3,(H,19,20)(H2,17,18,21). The highest BCUT2D eigenvalue weighted by Gasteiger charge is 2.09. The molecule has 116 valence electrons. The lowest BCUT2D eigenvalue weighted by Crippen LogP contribution is -2.40. The van der Waals surface area contributed by atoms with E-state index in [1.54, 1.807) is 6.92 Å². The van der Waals surface area contributed by atoms with Crippen LogP contribution in [0.25, 0.3) is 0 Å². The van der Waals surface area contributed by atoms with Gasteiger partial charge in [0.15, 0.2) is 0 Å². The molecule has 2 amide bonds. The van der Waals surface area contributed by atoms with E-state index in [1.807, 2.05) is 0 Å². The number of carbonyl (C=O) groups excluding carboxylic acids is 1. The van der Waals surface area contributed by atoms with Crippen molar-refractivity contribution in [3.63, 3.8) is 0 Å². The van der Waals surface area contributed by atoms with Crippen LogP contribution in [0.3, 0.4) is 0 Å². The van der Waals surface area contributed by atoms with Crippen molar-refractivity contribution >= 4 is 12.0 Å². The van der Waals surface area contributed by atoms with Crippen molar-refractivity contribution in [2.45, 2.75) is 38.8 Å². The molecule has 0 aliphatic carbocycles. The summed E-state index contributed by atoms with van der Waals surface area (Å²) in [6.45, 7) is 1.69. The summed E-state index contributed by atoms with van der Waals surface area (Å²) in [5, 5.41) is 13.6. The van der Waals surface area contributed by atoms with Gasteiger partial charge in [0.05, 0.1) is 0 Å². The van der Waals surface area contributed by atoms with Crippen molar-refractivity contribution in [3.05, 3.63) is 35.4 Å². The molecule has 1 unspecified atom stereocenters. The second kappa shape index (κ2) is 8.18. The number of urea groups is 1. The Bertz CT molecular complexity index is 509. The van der Waals surface area contributed by atoms with E-state index in [0.29, 0.717) is 12.8 Å². The number of amides is 2. The molecule has 3 N–H and O–H groups in total. The number of rotatable bonds is 7. The smallest absolute Gasteiger partial charge is 0.315 e. The maximum absolute atomic E-state index is 13.3. The molecule has 7 heteroatoms. The molecule has 0 saturated heterocycles. The Morgan fingerprint density at radius 1 is 1.33 bits per heavy atom. The molecule has 1 aromatic rings. The van der Waals surface area contributed by atoms with Crippen molar-refractivity contribution in [3.8, 4) is 0 Å². The summed E-state index contributed by atoms with van der Waals surface area (Å²) in [6, 6.07) is 2.46. The van der Waals surface area contributed by atoms with Crippen LogP contribution in [-0.4, -0.2) is 23.1 Å². The van der Waals surface area contributed by atoms with Crippen LogP contribution in [0.1, 0.15) is 31.7 Å². The molecular formula is C14H18F2N2O3. The number of hydrogen-bond acceptors (Lipinski definition) is 2. The number of carboxylic acid groups (broad SMARTS) is 1. The van der Waals surface area contributed by atoms with Gasteiger partial charge >= 0.3 is 12.0 Å². The number of nitrogens with one attached hydrogen (secondary N) is 2. The average Bonchev–Trinajstić information content (AvgIpc) is 2.37. The zero-order chi connectivity index (χ0) is 15.8. The third-order valence-corrected chi connectivity index (χ3v) is 2.86. The van der Waals surface area contributed by atoms with Crippen LogP contribution in [-0.2, 0) is 11.3 Å². The molecule has 0 saturated carbocycles. The van der Waals surface area contributed by atoms with E-state index in [0.717, 1.165) is 12.1 Å². The number of hydrogen-bond donors (Lipinski definition) is 3. The van der Waals surface area contributed by atoms with E-state index in [-0.39, 0.29) is 24.6 Å². The van der Waals surface area contributed by atoms with Crippen LogP contribution in [0.15, 0.2) is 18.2 Å². The SMILES string of the molecule is CC(CCCC(=O)O)NC(=O)NCc1ccc(F)cc1F. The van der Waals surface area contributed by atoms with Gasteiger partial charge in [-0.25, -0.2) is 13.6 Å². The highest BCUT2D eigenvalue weighted by atomic mass is 19.1. The van der Waals surface area contributed by atoms with Crippen LogP contribution < -0.4 is 10.6 Å². The minimum atomic E-state index is -0.876. The Morgan fingerprint density at radius 2 is 2.05 bits per heavy atom. The van der Waals surface area contributed by atoms with Crippen molar-refractivity contribution in [2.24, 2.45) is 0 Å². The van der Waals surface area contributed by atoms with Gasteiger partial charge in [-0.1, -0.05) is 6.07 Å². The van der Waals surface area contributed by atoms with Crippen LogP contribution in [0.5, 0.6) is 0 Å². The normalized spacial score (nSPS) is 11.8. The molecule has 0 aliphatic heterocycles. The molecular weight excluding hydrogens is 282 g/mol. The molecule has 1 atom stereocenters. The van der Waals surface area contributed by atoms with Gasteiger partial charge in [-0.05, 0) is 25.8 Å². The summed E-state index contributed by atoms with van der Waals surface area (Å²) in [5.74, 6) is -2.27. The van der Waals surface area contributed by atoms with E-state index < -0.39 is 23.6 Å². The predicted molar refractivity (Wildman–Crippen MR) is 72.7 cm³/mol. The van der Waals surface area contributed by atoms with Gasteiger partial charge < -0.3 is 15.7 Å². The fourth-order valence-electron chi connectivity index (χ4n) is 1.75. The van der Waals surface area contributed by atoms with Gasteiger partial charge in [0.2, 0.25) is 0 Å². The first kappa shape index (κ1) is 16.9. The minimum Gasteiger partial charge on any atom is -0.481 e. The van der Waals surface area contributed by atoms with Crippen LogP contribution >= 0.6 is 0 Å². The molecule has 0 bridgehead atoms. The minimum absolute atomic E-state index is 0.0500. The van der Waals surface area contributed by atoms with Crippen LogP contribution in [0.4, 0.5) is 13.6 Å². The Hall–Kier alpha value is -2.18. The van der Waals surface area contributed by atoms with Gasteiger partial charge in [-0.2, -0.15) is 0 Å². The maximum Gasteiger partial charge on any atom is 0.315 e. The van der Waals surface area contributed by atoms with Crippen molar-refractivity contribution < 1.29 is 23.5 Å². The first-order chi connectivity index (χ1) is 9.88. The zero-order valence-electron chi connectivity index (χ0n) is 11.7. The van der Waals surface area contributed by atoms with Crippen molar-refractivity contribution in [1.82, 2.24) is 10.6 Å². The summed E-state index contributed by atoms with van der Waals surface area (Å²) >= 11 is 0. The number of aliphatic carboxylic acids is 1. The Morgan fingerprint density at radius 3 is 2.67 bits per heavy atom. The molecule has 1 aromatic carbocycles. The fourth-order valence-corrected chi connectivity index (χ4v) is 1.75. The van der Waals surface area contributed by atoms with Gasteiger partial charge in [0, 0.05) is 30.6 Å². The monoisotopic (exact) mass is 300 g/mol. The highest BCUT2D eigenvalue weighted by molar-refractivity contribution is 5.74. The highest BCUT2D eigenvalue weighted by Crippen LogP contribution is 2.09. The number of carbonyl (C=O) groups is 2. The zero-order valence-corrected chi connectivity index (χ0v) is 11.7. The van der Waals surface area contributed by atoms with Crippen molar-refractivity contribution in [1.29, 1.82) is 0 Å². The summed E-state index contributed by atoms with van der Waals surface area (Å²) in [4.78, 5) is 21.9. The molecule has 5 nitrogen and oxygen atoms in total. The van der Waals surface area contributed by atoms with Crippen molar-refractivity contribution in [2.75, 3.05) is 0 Å². The lowest BCUT2D eigenvalue weighted by molar-refractivity contribution is -0.137. The maximum atomic E-state index is 13.3. The second-order valence-electron chi connectivity index (χ2n) is 4.75. The summed E-state index contributed by atoms with van der Waals surface area (Å²) in [6.07, 6.45) is 1.04. The molecule has 0 heterocycles. The Labute approximate surface area is 121 Å². The molecule has 0 radical (unpaired) electrons. The number of benzene rings is 1. The largest absolute Gasteiger partial charge is 0.481 e. The number of halogens is 2. The van der Waals surface area contributed by atoms with Crippen LogP contribution in [0, 0.1) is 11.6 Å². The lowest BCUT2D eigenvalue weighted by Gasteiger charge is -2.14. The summed E-state index contributed by atoms with van der Waals surface area (Å²) < 4.78 is 26.1. The van der Waals surface area contributed by atoms with E-state index in [4.69, 9.17) is 5.11 Å². The van der Waals surface area contributed by atoms with Gasteiger partial charge in [0.25, 0.3) is 0 Å². The molecule has 1 rings (SSSR count). The third kappa shape index (κ3) is 6.69. The second-order valence-corrected chi connectivity index (χ2v) is 4.75. The molecule has 0 spiro atoms. The predicted octanol–water partition coefficient (Wildman–Crippen LogP) is 2.41. The van der Waals surface area contributed by atoms with Gasteiger partial charge in [-0.3, -0.25) is 4.79 Å². The Balaban J connectivity index is 2.31. The lowest BCUT2D eigenvalue weighted by atomic mass is 10.1. The first-order valence-electron chi connectivity index (χ1n) is 6.58. The molecule has 0 aromatic heterocycles. The topological polar surface area (TPSA) is 78.4 Å². The van der Waals surface area contributed by atoms with Gasteiger partial charge in [0.1, 0.15) is 11.6 Å². The molecule has 0 fully saturated rings. The van der Waals surface area contributed by atoms with Crippen LogP contribution in [0.2, 0.25) is 0 Å². The van der Waals surface area contributed by atoms with E-state index >= 15 is 0 Å². The molecule has 0 aliphatic rings. The van der Waals surface area contributed by atoms with E-state index in [1.165, 1.54) is 6.07 Å². The fraction of sp³-hybridized carbons (Fsp3) is 0.429. The van der Waals surface area contributed by atoms with Gasteiger partial charge in [-0.15, -0.1) is 0 Å². The third-order valence-electron chi connectivity index (χ3n) is 2.86. The average molecular weight is 300 g/mol. The Kier molecular flexibility index (Phi) is 6.58. The quantitative estimate of drug-likeness (QED) is 0.723. The summed E-state index contributed by atoms with van der Waals surface area (Å²) in [7, 11) is 0.